The summed E-state index contributed by atoms with van der Waals surface area (Å²) in [6.07, 6.45) is 0. The number of aromatic nitrogens is 4. The summed E-state index contributed by atoms with van der Waals surface area (Å²) < 4.78 is 4.69. The lowest BCUT2D eigenvalue weighted by atomic mass is 9.86. The van der Waals surface area contributed by atoms with Crippen LogP contribution in [0.4, 0.5) is 0 Å². The molecule has 0 radical (unpaired) electrons. The lowest BCUT2D eigenvalue weighted by Crippen LogP contribution is -2.12. The van der Waals surface area contributed by atoms with Gasteiger partial charge in [-0.3, -0.25) is 0 Å². The molecule has 0 N–H and O–H groups in total. The van der Waals surface area contributed by atoms with Crippen LogP contribution in [0.2, 0.25) is 0 Å². The Morgan fingerprint density at radius 3 is 0.983 bits per heavy atom. The summed E-state index contributed by atoms with van der Waals surface area (Å²) in [7, 11) is 0. The van der Waals surface area contributed by atoms with E-state index in [1.807, 2.05) is 19.9 Å². The van der Waals surface area contributed by atoms with Crippen LogP contribution in [-0.4, -0.2) is 19.1 Å². The Balaban J connectivity index is 1.61. The summed E-state index contributed by atoms with van der Waals surface area (Å²) >= 11 is 0. The predicted octanol–water partition coefficient (Wildman–Crippen LogP) is 14.0. The molecule has 3 heterocycles. The molecule has 0 atom stereocenters. The largest absolute Gasteiger partial charge is 0.308 e. The second kappa shape index (κ2) is 13.1. The lowest BCUT2D eigenvalue weighted by Gasteiger charge is -2.22. The van der Waals surface area contributed by atoms with Crippen LogP contribution in [0.15, 0.2) is 91.0 Å². The summed E-state index contributed by atoms with van der Waals surface area (Å²) in [5.41, 5.74) is 13.8. The quantitative estimate of drug-likeness (QED) is 0.180. The van der Waals surface area contributed by atoms with Crippen molar-refractivity contribution < 1.29 is 0 Å². The molecule has 294 valence electrons. The van der Waals surface area contributed by atoms with Gasteiger partial charge in [-0.15, -0.1) is 0 Å². The number of benzene rings is 5. The zero-order valence-corrected chi connectivity index (χ0v) is 36.9. The topological polar surface area (TPSA) is 59.4 Å². The Bertz CT molecular complexity index is 2670. The first-order valence-corrected chi connectivity index (χ1v) is 20.6. The third-order valence-electron chi connectivity index (χ3n) is 11.9. The molecule has 0 aliphatic carbocycles. The lowest BCUT2D eigenvalue weighted by molar-refractivity contribution is 0.590. The van der Waals surface area contributed by atoms with Gasteiger partial charge >= 0.3 is 0 Å². The third-order valence-corrected chi connectivity index (χ3v) is 11.9. The van der Waals surface area contributed by atoms with Crippen molar-refractivity contribution in [2.45, 2.75) is 119 Å². The summed E-state index contributed by atoms with van der Waals surface area (Å²) in [5, 5.41) is 16.3. The van der Waals surface area contributed by atoms with Crippen LogP contribution in [0.3, 0.4) is 0 Å². The molecule has 5 heteroatoms. The zero-order chi connectivity index (χ0) is 41.9. The van der Waals surface area contributed by atoms with Crippen LogP contribution in [0, 0.1) is 25.2 Å². The van der Waals surface area contributed by atoms with Crippen molar-refractivity contribution in [3.63, 3.8) is 0 Å². The van der Waals surface area contributed by atoms with Gasteiger partial charge in [-0.2, -0.15) is 5.26 Å². The van der Waals surface area contributed by atoms with Crippen LogP contribution in [0.1, 0.15) is 122 Å². The van der Waals surface area contributed by atoms with Gasteiger partial charge in [0.25, 0.3) is 0 Å². The summed E-state index contributed by atoms with van der Waals surface area (Å²) in [6.45, 7) is 31.2. The van der Waals surface area contributed by atoms with Crippen LogP contribution < -0.4 is 0 Å². The highest BCUT2D eigenvalue weighted by Crippen LogP contribution is 2.43. The van der Waals surface area contributed by atoms with Gasteiger partial charge in [0, 0.05) is 38.5 Å². The number of nitriles is 1. The zero-order valence-electron chi connectivity index (χ0n) is 36.9. The highest BCUT2D eigenvalue weighted by molar-refractivity contribution is 6.11. The molecule has 3 aromatic heterocycles. The third kappa shape index (κ3) is 6.57. The standard InChI is InChI=1S/C53H57N5/c1-31-23-32(2)56-49(55-31)33-24-43(57-45-26-34(50(3,4)5)15-19-38(45)39-20-16-35(27-46(39)57)51(6,7)8)42(30-54)44(25-33)58-47-28-36(52(9,10)11)17-21-40(47)41-22-18-37(29-48(41)58)53(12,13)14/h15-29H,1-14H3. The van der Waals surface area contributed by atoms with E-state index in [4.69, 9.17) is 9.97 Å². The fourth-order valence-electron chi connectivity index (χ4n) is 8.49. The average molecular weight is 764 g/mol. The molecule has 5 nitrogen and oxygen atoms in total. The second-order valence-electron chi connectivity index (χ2n) is 20.6. The van der Waals surface area contributed by atoms with Crippen LogP contribution in [-0.2, 0) is 21.7 Å². The summed E-state index contributed by atoms with van der Waals surface area (Å²) in [5.74, 6) is 0.641. The van der Waals surface area contributed by atoms with E-state index >= 15 is 0 Å². The normalized spacial score (nSPS) is 13.0. The van der Waals surface area contributed by atoms with Crippen molar-refractivity contribution in [2.75, 3.05) is 0 Å². The first-order valence-electron chi connectivity index (χ1n) is 20.6. The van der Waals surface area contributed by atoms with Crippen molar-refractivity contribution in [2.24, 2.45) is 0 Å². The molecule has 0 aliphatic rings. The molecule has 0 amide bonds. The van der Waals surface area contributed by atoms with E-state index in [-0.39, 0.29) is 21.7 Å². The smallest absolute Gasteiger partial charge is 0.159 e. The number of hydrogen-bond acceptors (Lipinski definition) is 3. The molecule has 5 aromatic carbocycles. The minimum atomic E-state index is -0.0808. The first kappa shape index (κ1) is 39.1. The van der Waals surface area contributed by atoms with Crippen LogP contribution >= 0.6 is 0 Å². The van der Waals surface area contributed by atoms with E-state index in [9.17, 15) is 5.26 Å². The van der Waals surface area contributed by atoms with E-state index in [0.717, 1.165) is 71.9 Å². The second-order valence-corrected chi connectivity index (χ2v) is 20.6. The summed E-state index contributed by atoms with van der Waals surface area (Å²) in [6, 6.07) is 36.6. The van der Waals surface area contributed by atoms with Gasteiger partial charge in [0.15, 0.2) is 5.82 Å². The van der Waals surface area contributed by atoms with Crippen molar-refractivity contribution in [3.8, 4) is 28.8 Å². The van der Waals surface area contributed by atoms with Crippen molar-refractivity contribution >= 4 is 43.6 Å². The number of nitrogens with zero attached hydrogens (tertiary/aromatic N) is 5. The van der Waals surface area contributed by atoms with E-state index in [1.165, 1.54) is 22.3 Å². The predicted molar refractivity (Wildman–Crippen MR) is 245 cm³/mol. The molecule has 0 spiro atoms. The Kier molecular flexibility index (Phi) is 8.87. The van der Waals surface area contributed by atoms with E-state index in [2.05, 4.69) is 183 Å². The molecule has 0 saturated heterocycles. The molecule has 8 rings (SSSR count). The molecule has 0 unspecified atom stereocenters. The average Bonchev–Trinajstić information content (AvgIpc) is 3.63. The van der Waals surface area contributed by atoms with Gasteiger partial charge in [0.1, 0.15) is 11.6 Å². The fraction of sp³-hybridized carbons (Fsp3) is 0.340. The number of hydrogen-bond donors (Lipinski definition) is 0. The fourth-order valence-corrected chi connectivity index (χ4v) is 8.49. The molecule has 0 bridgehead atoms. The monoisotopic (exact) mass is 763 g/mol. The van der Waals surface area contributed by atoms with Gasteiger partial charge in [0.05, 0.1) is 33.4 Å². The van der Waals surface area contributed by atoms with Crippen LogP contribution in [0.25, 0.3) is 66.4 Å². The molecular weight excluding hydrogens is 707 g/mol. The van der Waals surface area contributed by atoms with E-state index in [1.54, 1.807) is 0 Å². The highest BCUT2D eigenvalue weighted by atomic mass is 15.0. The maximum atomic E-state index is 11.7. The Morgan fingerprint density at radius 1 is 0.431 bits per heavy atom. The number of fused-ring (bicyclic) bond motifs is 6. The van der Waals surface area contributed by atoms with Gasteiger partial charge in [-0.1, -0.05) is 132 Å². The minimum absolute atomic E-state index is 0.0808. The van der Waals surface area contributed by atoms with E-state index in [0.29, 0.717) is 11.4 Å². The Hall–Kier alpha value is -5.73. The van der Waals surface area contributed by atoms with Gasteiger partial charge < -0.3 is 9.13 Å². The minimum Gasteiger partial charge on any atom is -0.308 e. The number of rotatable bonds is 3. The molecular formula is C53H57N5. The van der Waals surface area contributed by atoms with Crippen molar-refractivity contribution in [3.05, 3.63) is 130 Å². The van der Waals surface area contributed by atoms with Crippen LogP contribution in [0.5, 0.6) is 0 Å². The van der Waals surface area contributed by atoms with Gasteiger partial charge in [-0.25, -0.2) is 9.97 Å². The molecule has 0 aliphatic heterocycles. The maximum absolute atomic E-state index is 11.7. The van der Waals surface area contributed by atoms with Gasteiger partial charge in [-0.05, 0) is 100 Å². The molecule has 0 saturated carbocycles. The highest BCUT2D eigenvalue weighted by Gasteiger charge is 2.27. The molecule has 8 aromatic rings. The maximum Gasteiger partial charge on any atom is 0.159 e. The van der Waals surface area contributed by atoms with E-state index < -0.39 is 0 Å². The molecule has 58 heavy (non-hydrogen) atoms. The Morgan fingerprint density at radius 2 is 0.724 bits per heavy atom. The Labute approximate surface area is 344 Å². The molecule has 0 fully saturated rings. The van der Waals surface area contributed by atoms with Crippen molar-refractivity contribution in [1.82, 2.24) is 19.1 Å². The summed E-state index contributed by atoms with van der Waals surface area (Å²) in [4.78, 5) is 10.1. The number of aryl methyl sites for hydroxylation is 2. The SMILES string of the molecule is Cc1cc(C)nc(-c2cc(-n3c4cc(C(C)(C)C)ccc4c4ccc(C(C)(C)C)cc43)c(C#N)c(-n3c4cc(C(C)(C)C)ccc4c4ccc(C(C)(C)C)cc43)c2)n1. The van der Waals surface area contributed by atoms with Crippen molar-refractivity contribution in [1.29, 1.82) is 5.26 Å². The first-order chi connectivity index (χ1) is 27.0. The van der Waals surface area contributed by atoms with Gasteiger partial charge in [0.2, 0.25) is 0 Å².